The van der Waals surface area contributed by atoms with Crippen LogP contribution in [0, 0.1) is 11.8 Å². The maximum Gasteiger partial charge on any atom is 0.246 e. The van der Waals surface area contributed by atoms with Gasteiger partial charge in [0.15, 0.2) is 0 Å². The van der Waals surface area contributed by atoms with E-state index in [1.54, 1.807) is 18.5 Å². The number of hydrogen-bond acceptors (Lipinski definition) is 5. The van der Waals surface area contributed by atoms with Gasteiger partial charge in [-0.15, -0.1) is 0 Å². The highest BCUT2D eigenvalue weighted by Crippen LogP contribution is 2.33. The lowest BCUT2D eigenvalue weighted by Crippen LogP contribution is -2.32. The average Bonchev–Trinajstić information content (AvgIpc) is 3.32. The van der Waals surface area contributed by atoms with E-state index in [9.17, 15) is 9.59 Å². The molecule has 0 aromatic carbocycles. The molecule has 5 rings (SSSR count). The second-order valence-corrected chi connectivity index (χ2v) is 8.04. The fourth-order valence-corrected chi connectivity index (χ4v) is 4.56. The van der Waals surface area contributed by atoms with Crippen molar-refractivity contribution in [3.8, 4) is 0 Å². The van der Waals surface area contributed by atoms with E-state index in [2.05, 4.69) is 26.3 Å². The molecule has 0 bridgehead atoms. The number of fused-ring (bicyclic) bond motifs is 2. The van der Waals surface area contributed by atoms with Gasteiger partial charge < -0.3 is 15.1 Å². The number of aryl methyl sites for hydroxylation is 1. The van der Waals surface area contributed by atoms with Gasteiger partial charge in [-0.2, -0.15) is 0 Å². The quantitative estimate of drug-likeness (QED) is 0.812. The van der Waals surface area contributed by atoms with E-state index in [1.165, 1.54) is 0 Å². The second-order valence-electron chi connectivity index (χ2n) is 8.04. The number of amides is 2. The molecule has 148 valence electrons. The number of carbonyl (C=O) groups excluding carboxylic acids is 2. The summed E-state index contributed by atoms with van der Waals surface area (Å²) in [6, 6.07) is 6.06. The molecule has 2 saturated heterocycles. The minimum absolute atomic E-state index is 0.00476. The molecule has 5 heterocycles. The van der Waals surface area contributed by atoms with Gasteiger partial charge in [0.05, 0.1) is 11.9 Å². The molecule has 3 aliphatic heterocycles. The van der Waals surface area contributed by atoms with Crippen molar-refractivity contribution in [3.05, 3.63) is 54.0 Å². The smallest absolute Gasteiger partial charge is 0.246 e. The Morgan fingerprint density at radius 2 is 1.97 bits per heavy atom. The van der Waals surface area contributed by atoms with Crippen LogP contribution in [-0.2, 0) is 16.0 Å². The molecule has 3 aliphatic rings. The average molecular weight is 389 g/mol. The summed E-state index contributed by atoms with van der Waals surface area (Å²) in [6.45, 7) is 3.56. The molecule has 2 aromatic rings. The van der Waals surface area contributed by atoms with Gasteiger partial charge >= 0.3 is 0 Å². The van der Waals surface area contributed by atoms with Crippen LogP contribution in [-0.4, -0.2) is 52.9 Å². The topological polar surface area (TPSA) is 78.4 Å². The summed E-state index contributed by atoms with van der Waals surface area (Å²) in [6.07, 6.45) is 10.0. The summed E-state index contributed by atoms with van der Waals surface area (Å²) in [5.41, 5.74) is 3.07. The third-order valence-corrected chi connectivity index (χ3v) is 6.09. The van der Waals surface area contributed by atoms with Crippen LogP contribution in [0.5, 0.6) is 0 Å². The lowest BCUT2D eigenvalue weighted by molar-refractivity contribution is -0.125. The summed E-state index contributed by atoms with van der Waals surface area (Å²) in [5.74, 6) is 1.72. The third kappa shape index (κ3) is 3.60. The van der Waals surface area contributed by atoms with Gasteiger partial charge in [-0.3, -0.25) is 14.6 Å². The van der Waals surface area contributed by atoms with Crippen molar-refractivity contribution in [1.82, 2.24) is 14.9 Å². The Labute approximate surface area is 169 Å². The zero-order valence-corrected chi connectivity index (χ0v) is 16.1. The lowest BCUT2D eigenvalue weighted by atomic mass is 10.0. The molecular weight excluding hydrogens is 366 g/mol. The Morgan fingerprint density at radius 3 is 2.72 bits per heavy atom. The Kier molecular flexibility index (Phi) is 4.50. The maximum absolute atomic E-state index is 12.7. The largest absolute Gasteiger partial charge is 0.370 e. The minimum Gasteiger partial charge on any atom is -0.370 e. The molecule has 2 amide bonds. The standard InChI is InChI=1S/C22H23N5O2/c28-20-5-4-16-8-15(9-24-22(16)25-20)3-6-21(29)27-13-17-11-26(12-18(17)14-27)19-2-1-7-23-10-19/h1-3,6-10,17-18H,4-5,11-14H2,(H,24,25,28). The normalized spacial score (nSPS) is 23.2. The molecule has 2 fully saturated rings. The highest BCUT2D eigenvalue weighted by molar-refractivity contribution is 5.94. The van der Waals surface area contributed by atoms with Crippen LogP contribution in [0.1, 0.15) is 17.5 Å². The van der Waals surface area contributed by atoms with Crippen molar-refractivity contribution >= 4 is 29.4 Å². The Bertz CT molecular complexity index is 960. The second kappa shape index (κ2) is 7.31. The van der Waals surface area contributed by atoms with Crippen molar-refractivity contribution in [3.63, 3.8) is 0 Å². The number of aromatic nitrogens is 2. The van der Waals surface area contributed by atoms with E-state index in [0.29, 0.717) is 30.5 Å². The van der Waals surface area contributed by atoms with Gasteiger partial charge in [-0.25, -0.2) is 4.98 Å². The van der Waals surface area contributed by atoms with Crippen LogP contribution >= 0.6 is 0 Å². The molecule has 0 spiro atoms. The van der Waals surface area contributed by atoms with Crippen LogP contribution in [0.2, 0.25) is 0 Å². The highest BCUT2D eigenvalue weighted by atomic mass is 16.2. The number of likely N-dealkylation sites (tertiary alicyclic amines) is 1. The number of carbonyl (C=O) groups is 2. The molecule has 7 heteroatoms. The SMILES string of the molecule is O=C1CCc2cc(C=CC(=O)N3CC4CN(c5cccnc5)CC4C3)cnc2N1. The molecule has 1 N–H and O–H groups in total. The van der Waals surface area contributed by atoms with E-state index >= 15 is 0 Å². The Hall–Kier alpha value is -3.22. The van der Waals surface area contributed by atoms with Gasteiger partial charge in [-0.05, 0) is 41.8 Å². The van der Waals surface area contributed by atoms with Crippen molar-refractivity contribution in [1.29, 1.82) is 0 Å². The number of anilines is 2. The van der Waals surface area contributed by atoms with E-state index in [-0.39, 0.29) is 11.8 Å². The van der Waals surface area contributed by atoms with E-state index in [4.69, 9.17) is 0 Å². The molecule has 2 atom stereocenters. The number of nitrogens with one attached hydrogen (secondary N) is 1. The van der Waals surface area contributed by atoms with Crippen LogP contribution in [0.3, 0.4) is 0 Å². The first kappa shape index (κ1) is 17.8. The number of rotatable bonds is 3. The van der Waals surface area contributed by atoms with Crippen molar-refractivity contribution in [2.24, 2.45) is 11.8 Å². The lowest BCUT2D eigenvalue weighted by Gasteiger charge is -2.22. The Morgan fingerprint density at radius 1 is 1.14 bits per heavy atom. The molecule has 0 aliphatic carbocycles. The van der Waals surface area contributed by atoms with Gasteiger partial charge in [0.1, 0.15) is 5.82 Å². The first-order valence-corrected chi connectivity index (χ1v) is 10.1. The van der Waals surface area contributed by atoms with Crippen LogP contribution in [0.25, 0.3) is 6.08 Å². The number of pyridine rings is 2. The Balaban J connectivity index is 1.19. The molecule has 7 nitrogen and oxygen atoms in total. The van der Waals surface area contributed by atoms with Gasteiger partial charge in [0.2, 0.25) is 11.8 Å². The first-order chi connectivity index (χ1) is 14.2. The summed E-state index contributed by atoms with van der Waals surface area (Å²) in [5, 5.41) is 2.78. The summed E-state index contributed by atoms with van der Waals surface area (Å²) >= 11 is 0. The van der Waals surface area contributed by atoms with Crippen molar-refractivity contribution in [2.75, 3.05) is 36.4 Å². The number of nitrogens with zero attached hydrogens (tertiary/aromatic N) is 4. The van der Waals surface area contributed by atoms with Gasteiger partial charge in [-0.1, -0.05) is 0 Å². The van der Waals surface area contributed by atoms with Crippen LogP contribution in [0.4, 0.5) is 11.5 Å². The molecule has 29 heavy (non-hydrogen) atoms. The monoisotopic (exact) mass is 389 g/mol. The summed E-state index contributed by atoms with van der Waals surface area (Å²) in [7, 11) is 0. The molecule has 0 saturated carbocycles. The summed E-state index contributed by atoms with van der Waals surface area (Å²) < 4.78 is 0. The van der Waals surface area contributed by atoms with E-state index in [1.807, 2.05) is 29.3 Å². The van der Waals surface area contributed by atoms with Crippen molar-refractivity contribution in [2.45, 2.75) is 12.8 Å². The summed E-state index contributed by atoms with van der Waals surface area (Å²) in [4.78, 5) is 37.0. The van der Waals surface area contributed by atoms with Gasteiger partial charge in [0.25, 0.3) is 0 Å². The van der Waals surface area contributed by atoms with Crippen LogP contribution < -0.4 is 10.2 Å². The van der Waals surface area contributed by atoms with Crippen molar-refractivity contribution < 1.29 is 9.59 Å². The van der Waals surface area contributed by atoms with Crippen LogP contribution in [0.15, 0.2) is 42.9 Å². The fourth-order valence-electron chi connectivity index (χ4n) is 4.56. The predicted molar refractivity (Wildman–Crippen MR) is 110 cm³/mol. The molecule has 2 unspecified atom stereocenters. The van der Waals surface area contributed by atoms with Gasteiger partial charge in [0, 0.05) is 62.9 Å². The zero-order valence-electron chi connectivity index (χ0n) is 16.1. The first-order valence-electron chi connectivity index (χ1n) is 10.1. The number of hydrogen-bond donors (Lipinski definition) is 1. The highest BCUT2D eigenvalue weighted by Gasteiger charge is 2.41. The molecule has 2 aromatic heterocycles. The van der Waals surface area contributed by atoms with E-state index in [0.717, 1.165) is 43.0 Å². The molecule has 0 radical (unpaired) electrons. The fraction of sp³-hybridized carbons (Fsp3) is 0.364. The predicted octanol–water partition coefficient (Wildman–Crippen LogP) is 1.97. The minimum atomic E-state index is 0.00476. The van der Waals surface area contributed by atoms with E-state index < -0.39 is 0 Å². The zero-order chi connectivity index (χ0) is 19.8. The molecular formula is C22H23N5O2. The maximum atomic E-state index is 12.7. The third-order valence-electron chi connectivity index (χ3n) is 6.09.